The molecule has 0 bridgehead atoms. The minimum Gasteiger partial charge on any atom is -0.489 e. The molecule has 154 valence electrons. The van der Waals surface area contributed by atoms with Gasteiger partial charge in [-0.1, -0.05) is 66.2 Å². The number of carboxylic acid groups (broad SMARTS) is 1. The van der Waals surface area contributed by atoms with E-state index in [9.17, 15) is 9.90 Å². The number of halogens is 1. The van der Waals surface area contributed by atoms with Crippen molar-refractivity contribution < 1.29 is 14.6 Å². The van der Waals surface area contributed by atoms with Crippen molar-refractivity contribution in [2.75, 3.05) is 6.54 Å². The lowest BCUT2D eigenvalue weighted by atomic mass is 9.96. The van der Waals surface area contributed by atoms with Crippen molar-refractivity contribution in [3.05, 3.63) is 101 Å². The van der Waals surface area contributed by atoms with Gasteiger partial charge in [0.15, 0.2) is 0 Å². The molecule has 30 heavy (non-hydrogen) atoms. The van der Waals surface area contributed by atoms with Crippen molar-refractivity contribution in [2.45, 2.75) is 31.5 Å². The molecule has 0 saturated carbocycles. The summed E-state index contributed by atoms with van der Waals surface area (Å²) in [4.78, 5) is 13.9. The number of ether oxygens (including phenoxy) is 1. The highest BCUT2D eigenvalue weighted by atomic mass is 35.5. The Balaban J connectivity index is 1.66. The summed E-state index contributed by atoms with van der Waals surface area (Å²) in [5.41, 5.74) is 3.08. The maximum absolute atomic E-state index is 11.9. The zero-order chi connectivity index (χ0) is 20.9. The Hall–Kier alpha value is -2.82. The second-order valence-corrected chi connectivity index (χ2v) is 7.97. The minimum absolute atomic E-state index is 0.201. The molecule has 1 heterocycles. The standard InChI is InChI=1S/C25H24ClNO3/c26-21-11-4-9-19(15-21)24(27-14-6-13-23(27)25(28)29)20-10-5-12-22(16-20)30-17-18-7-2-1-3-8-18/h1-5,7-12,15-16,23-24H,6,13-14,17H2,(H,28,29). The van der Waals surface area contributed by atoms with Gasteiger partial charge in [-0.3, -0.25) is 9.69 Å². The van der Waals surface area contributed by atoms with Gasteiger partial charge < -0.3 is 9.84 Å². The summed E-state index contributed by atoms with van der Waals surface area (Å²) in [6.45, 7) is 1.21. The summed E-state index contributed by atoms with van der Waals surface area (Å²) in [7, 11) is 0. The van der Waals surface area contributed by atoms with Crippen LogP contribution in [0.3, 0.4) is 0 Å². The fraction of sp³-hybridized carbons (Fsp3) is 0.240. The fourth-order valence-corrected chi connectivity index (χ4v) is 4.33. The molecule has 2 atom stereocenters. The van der Waals surface area contributed by atoms with E-state index in [0.717, 1.165) is 35.4 Å². The van der Waals surface area contributed by atoms with Gasteiger partial charge in [0.2, 0.25) is 0 Å². The molecule has 4 nitrogen and oxygen atoms in total. The van der Waals surface area contributed by atoms with Gasteiger partial charge >= 0.3 is 5.97 Å². The predicted octanol–water partition coefficient (Wildman–Crippen LogP) is 5.56. The van der Waals surface area contributed by atoms with Crippen molar-refractivity contribution in [3.8, 4) is 5.75 Å². The van der Waals surface area contributed by atoms with Crippen LogP contribution >= 0.6 is 11.6 Å². The molecule has 5 heteroatoms. The van der Waals surface area contributed by atoms with Crippen molar-refractivity contribution in [1.29, 1.82) is 0 Å². The molecule has 4 rings (SSSR count). The molecule has 1 aliphatic heterocycles. The van der Waals surface area contributed by atoms with Gasteiger partial charge in [0.05, 0.1) is 6.04 Å². The van der Waals surface area contributed by atoms with E-state index in [2.05, 4.69) is 4.90 Å². The highest BCUT2D eigenvalue weighted by molar-refractivity contribution is 6.30. The Kier molecular flexibility index (Phi) is 6.36. The van der Waals surface area contributed by atoms with Crippen molar-refractivity contribution in [2.24, 2.45) is 0 Å². The molecule has 3 aromatic rings. The second-order valence-electron chi connectivity index (χ2n) is 7.54. The lowest BCUT2D eigenvalue weighted by Crippen LogP contribution is -2.39. The van der Waals surface area contributed by atoms with Crippen LogP contribution in [0.1, 0.15) is 35.6 Å². The molecule has 2 unspecified atom stereocenters. The van der Waals surface area contributed by atoms with Crippen LogP contribution in [0, 0.1) is 0 Å². The van der Waals surface area contributed by atoms with Crippen LogP contribution in [-0.4, -0.2) is 28.6 Å². The summed E-state index contributed by atoms with van der Waals surface area (Å²) < 4.78 is 6.02. The van der Waals surface area contributed by atoms with E-state index in [4.69, 9.17) is 16.3 Å². The molecule has 0 spiro atoms. The van der Waals surface area contributed by atoms with Gasteiger partial charge in [-0.05, 0) is 53.8 Å². The van der Waals surface area contributed by atoms with E-state index in [-0.39, 0.29) is 6.04 Å². The van der Waals surface area contributed by atoms with E-state index >= 15 is 0 Å². The molecule has 1 N–H and O–H groups in total. The molecule has 0 radical (unpaired) electrons. The summed E-state index contributed by atoms with van der Waals surface area (Å²) >= 11 is 6.27. The second kappa shape index (κ2) is 9.33. The summed E-state index contributed by atoms with van der Waals surface area (Å²) in [5, 5.41) is 10.4. The molecule has 1 saturated heterocycles. The number of aliphatic carboxylic acids is 1. The first-order valence-electron chi connectivity index (χ1n) is 10.1. The number of benzene rings is 3. The van der Waals surface area contributed by atoms with Crippen molar-refractivity contribution >= 4 is 17.6 Å². The van der Waals surface area contributed by atoms with E-state index < -0.39 is 12.0 Å². The Morgan fingerprint density at radius 3 is 2.50 bits per heavy atom. The van der Waals surface area contributed by atoms with E-state index in [1.54, 1.807) is 0 Å². The average molecular weight is 422 g/mol. The number of hydrogen-bond acceptors (Lipinski definition) is 3. The summed E-state index contributed by atoms with van der Waals surface area (Å²) in [6, 6.07) is 24.9. The average Bonchev–Trinajstić information content (AvgIpc) is 3.23. The van der Waals surface area contributed by atoms with Crippen molar-refractivity contribution in [1.82, 2.24) is 4.90 Å². The lowest BCUT2D eigenvalue weighted by molar-refractivity contribution is -0.142. The van der Waals surface area contributed by atoms with Crippen molar-refractivity contribution in [3.63, 3.8) is 0 Å². The molecule has 1 aliphatic rings. The first kappa shape index (κ1) is 20.5. The quantitative estimate of drug-likeness (QED) is 0.542. The van der Waals surface area contributed by atoms with E-state index in [0.29, 0.717) is 18.1 Å². The van der Waals surface area contributed by atoms with Gasteiger partial charge in [0, 0.05) is 11.6 Å². The molecular formula is C25H24ClNO3. The number of nitrogens with zero attached hydrogens (tertiary/aromatic N) is 1. The zero-order valence-corrected chi connectivity index (χ0v) is 17.3. The third-order valence-corrected chi connectivity index (χ3v) is 5.73. The molecule has 3 aromatic carbocycles. The van der Waals surface area contributed by atoms with Crippen LogP contribution in [0.2, 0.25) is 5.02 Å². The van der Waals surface area contributed by atoms with Crippen LogP contribution < -0.4 is 4.74 Å². The highest BCUT2D eigenvalue weighted by Crippen LogP contribution is 2.37. The van der Waals surface area contributed by atoms with E-state index in [1.165, 1.54) is 0 Å². The smallest absolute Gasteiger partial charge is 0.320 e. The van der Waals surface area contributed by atoms with Gasteiger partial charge in [-0.15, -0.1) is 0 Å². The third kappa shape index (κ3) is 4.66. The predicted molar refractivity (Wildman–Crippen MR) is 118 cm³/mol. The zero-order valence-electron chi connectivity index (χ0n) is 16.6. The van der Waals surface area contributed by atoms with Crippen LogP contribution in [0.15, 0.2) is 78.9 Å². The lowest BCUT2D eigenvalue weighted by Gasteiger charge is -2.32. The largest absolute Gasteiger partial charge is 0.489 e. The Bertz CT molecular complexity index is 1010. The topological polar surface area (TPSA) is 49.8 Å². The van der Waals surface area contributed by atoms with Gasteiger partial charge in [0.1, 0.15) is 18.4 Å². The normalized spacial score (nSPS) is 17.6. The number of carboxylic acids is 1. The van der Waals surface area contributed by atoms with Crippen LogP contribution in [-0.2, 0) is 11.4 Å². The number of carbonyl (C=O) groups is 1. The maximum Gasteiger partial charge on any atom is 0.320 e. The van der Waals surface area contributed by atoms with Crippen LogP contribution in [0.5, 0.6) is 5.75 Å². The Morgan fingerprint density at radius 1 is 1.03 bits per heavy atom. The molecule has 1 fully saturated rings. The summed E-state index contributed by atoms with van der Waals surface area (Å²) in [6.07, 6.45) is 1.51. The van der Waals surface area contributed by atoms with E-state index in [1.807, 2.05) is 78.9 Å². The Morgan fingerprint density at radius 2 is 1.77 bits per heavy atom. The minimum atomic E-state index is -0.781. The first-order valence-corrected chi connectivity index (χ1v) is 10.5. The molecule has 0 amide bonds. The van der Waals surface area contributed by atoms with Gasteiger partial charge in [-0.2, -0.15) is 0 Å². The molecule has 0 aliphatic carbocycles. The highest BCUT2D eigenvalue weighted by Gasteiger charge is 2.37. The summed E-state index contributed by atoms with van der Waals surface area (Å²) in [5.74, 6) is -0.0227. The number of hydrogen-bond donors (Lipinski definition) is 1. The molecule has 0 aromatic heterocycles. The van der Waals surface area contributed by atoms with Gasteiger partial charge in [0.25, 0.3) is 0 Å². The Labute approximate surface area is 181 Å². The van der Waals surface area contributed by atoms with Crippen LogP contribution in [0.25, 0.3) is 0 Å². The first-order chi connectivity index (χ1) is 14.6. The number of likely N-dealkylation sites (tertiary alicyclic amines) is 1. The van der Waals surface area contributed by atoms with Gasteiger partial charge in [-0.25, -0.2) is 0 Å². The van der Waals surface area contributed by atoms with Crippen LogP contribution in [0.4, 0.5) is 0 Å². The number of rotatable bonds is 7. The third-order valence-electron chi connectivity index (χ3n) is 5.50. The maximum atomic E-state index is 11.9. The fourth-order valence-electron chi connectivity index (χ4n) is 4.13. The molecular weight excluding hydrogens is 398 g/mol. The SMILES string of the molecule is O=C(O)C1CCCN1C(c1cccc(Cl)c1)c1cccc(OCc2ccccc2)c1. The monoisotopic (exact) mass is 421 g/mol.